The maximum Gasteiger partial charge on any atom is 0.270 e. The molecule has 0 N–H and O–H groups in total. The first-order valence-corrected chi connectivity index (χ1v) is 10.1. The molecule has 1 aliphatic heterocycles. The van der Waals surface area contributed by atoms with Gasteiger partial charge in [0.1, 0.15) is 23.5 Å². The highest BCUT2D eigenvalue weighted by atomic mass is 35.5. The Morgan fingerprint density at radius 1 is 1.17 bits per heavy atom. The summed E-state index contributed by atoms with van der Waals surface area (Å²) in [5.41, 5.74) is 2.62. The van der Waals surface area contributed by atoms with Crippen LogP contribution in [0.3, 0.4) is 0 Å². The van der Waals surface area contributed by atoms with Gasteiger partial charge in [-0.15, -0.1) is 0 Å². The molecular weight excluding hydrogens is 386 g/mol. The van der Waals surface area contributed by atoms with Crippen LogP contribution in [0.4, 0.5) is 5.69 Å². The second-order valence-corrected chi connectivity index (χ2v) is 7.86. The third-order valence-electron chi connectivity index (χ3n) is 5.52. The number of halogens is 1. The van der Waals surface area contributed by atoms with Crippen molar-refractivity contribution in [1.29, 1.82) is 5.26 Å². The van der Waals surface area contributed by atoms with E-state index in [4.69, 9.17) is 16.3 Å². The lowest BCUT2D eigenvalue weighted by atomic mass is 10.0. The number of aryl methyl sites for hydroxylation is 2. The van der Waals surface area contributed by atoms with Crippen LogP contribution in [0.25, 0.3) is 10.9 Å². The van der Waals surface area contributed by atoms with Gasteiger partial charge >= 0.3 is 0 Å². The second kappa shape index (κ2) is 7.81. The fourth-order valence-electron chi connectivity index (χ4n) is 3.99. The van der Waals surface area contributed by atoms with Crippen molar-refractivity contribution in [2.75, 3.05) is 18.0 Å². The van der Waals surface area contributed by atoms with Crippen molar-refractivity contribution in [2.24, 2.45) is 7.05 Å². The van der Waals surface area contributed by atoms with Crippen LogP contribution in [0.2, 0.25) is 5.02 Å². The van der Waals surface area contributed by atoms with Crippen LogP contribution in [0.1, 0.15) is 24.0 Å². The Labute approximate surface area is 174 Å². The molecule has 148 valence electrons. The molecular formula is C23H22ClN3O2. The van der Waals surface area contributed by atoms with Gasteiger partial charge in [0, 0.05) is 38.4 Å². The number of pyridine rings is 1. The summed E-state index contributed by atoms with van der Waals surface area (Å²) in [4.78, 5) is 14.9. The Balaban J connectivity index is 1.66. The molecule has 0 radical (unpaired) electrons. The van der Waals surface area contributed by atoms with E-state index >= 15 is 0 Å². The number of hydrogen-bond donors (Lipinski definition) is 0. The lowest BCUT2D eigenvalue weighted by molar-refractivity contribution is 0.171. The molecule has 6 heteroatoms. The van der Waals surface area contributed by atoms with E-state index < -0.39 is 0 Å². The molecule has 3 aromatic rings. The van der Waals surface area contributed by atoms with Gasteiger partial charge in [-0.1, -0.05) is 35.4 Å². The predicted molar refractivity (Wildman–Crippen MR) is 116 cm³/mol. The molecule has 2 heterocycles. The van der Waals surface area contributed by atoms with Crippen LogP contribution in [-0.2, 0) is 7.05 Å². The lowest BCUT2D eigenvalue weighted by Crippen LogP contribution is -2.40. The highest BCUT2D eigenvalue weighted by Gasteiger charge is 2.26. The molecule has 29 heavy (non-hydrogen) atoms. The van der Waals surface area contributed by atoms with Crippen molar-refractivity contribution in [3.63, 3.8) is 0 Å². The number of aromatic nitrogens is 1. The van der Waals surface area contributed by atoms with Crippen molar-refractivity contribution < 1.29 is 4.74 Å². The Bertz CT molecular complexity index is 1170. The average Bonchev–Trinajstić information content (AvgIpc) is 2.73. The highest BCUT2D eigenvalue weighted by molar-refractivity contribution is 6.32. The Morgan fingerprint density at radius 2 is 1.90 bits per heavy atom. The smallest absolute Gasteiger partial charge is 0.270 e. The van der Waals surface area contributed by atoms with Gasteiger partial charge in [-0.25, -0.2) is 0 Å². The van der Waals surface area contributed by atoms with E-state index in [0.717, 1.165) is 35.0 Å². The lowest BCUT2D eigenvalue weighted by Gasteiger charge is -2.35. The molecule has 0 bridgehead atoms. The molecule has 0 amide bonds. The number of anilines is 1. The number of rotatable bonds is 3. The van der Waals surface area contributed by atoms with Gasteiger partial charge in [-0.3, -0.25) is 4.79 Å². The van der Waals surface area contributed by atoms with Gasteiger partial charge in [0.15, 0.2) is 0 Å². The SMILES string of the molecule is Cc1ccc2c(c1)c(N1CCC(Oc3ccccc3Cl)CC1)c(C#N)c(=O)n2C. The third kappa shape index (κ3) is 3.56. The predicted octanol–water partition coefficient (Wildman–Crippen LogP) is 4.42. The summed E-state index contributed by atoms with van der Waals surface area (Å²) in [7, 11) is 1.72. The minimum atomic E-state index is -0.256. The summed E-state index contributed by atoms with van der Waals surface area (Å²) in [5.74, 6) is 0.694. The quantitative estimate of drug-likeness (QED) is 0.644. The largest absolute Gasteiger partial charge is 0.489 e. The van der Waals surface area contributed by atoms with Crippen LogP contribution < -0.4 is 15.2 Å². The molecule has 0 aliphatic carbocycles. The Kier molecular flexibility index (Phi) is 5.21. The molecule has 1 saturated heterocycles. The van der Waals surface area contributed by atoms with E-state index in [-0.39, 0.29) is 17.2 Å². The normalized spacial score (nSPS) is 14.8. The fourth-order valence-corrected chi connectivity index (χ4v) is 4.17. The van der Waals surface area contributed by atoms with Crippen molar-refractivity contribution >= 4 is 28.2 Å². The zero-order valence-electron chi connectivity index (χ0n) is 16.5. The number of piperidine rings is 1. The highest BCUT2D eigenvalue weighted by Crippen LogP contribution is 2.33. The van der Waals surface area contributed by atoms with Crippen LogP contribution >= 0.6 is 11.6 Å². The zero-order chi connectivity index (χ0) is 20.5. The van der Waals surface area contributed by atoms with Crippen LogP contribution in [-0.4, -0.2) is 23.8 Å². The number of nitriles is 1. The minimum absolute atomic E-state index is 0.0521. The second-order valence-electron chi connectivity index (χ2n) is 7.45. The van der Waals surface area contributed by atoms with Gasteiger partial charge in [-0.05, 0) is 31.2 Å². The number of ether oxygens (including phenoxy) is 1. The molecule has 0 saturated carbocycles. The molecule has 4 rings (SSSR count). The van der Waals surface area contributed by atoms with E-state index in [1.807, 2.05) is 43.3 Å². The van der Waals surface area contributed by atoms with E-state index in [9.17, 15) is 10.1 Å². The topological polar surface area (TPSA) is 58.3 Å². The van der Waals surface area contributed by atoms with E-state index in [2.05, 4.69) is 17.0 Å². The first-order chi connectivity index (χ1) is 14.0. The number of hydrogen-bond acceptors (Lipinski definition) is 4. The summed E-state index contributed by atoms with van der Waals surface area (Å²) >= 11 is 6.21. The molecule has 1 aromatic heterocycles. The van der Waals surface area contributed by atoms with Crippen molar-refractivity contribution in [3.8, 4) is 11.8 Å². The standard InChI is InChI=1S/C23H22ClN3O2/c1-15-7-8-20-17(13-15)22(18(14-25)23(28)26(20)2)27-11-9-16(10-12-27)29-21-6-4-3-5-19(21)24/h3-8,13,16H,9-12H2,1-2H3. The number of benzene rings is 2. The monoisotopic (exact) mass is 407 g/mol. The molecule has 5 nitrogen and oxygen atoms in total. The van der Waals surface area contributed by atoms with Gasteiger partial charge in [0.05, 0.1) is 16.2 Å². The summed E-state index contributed by atoms with van der Waals surface area (Å²) < 4.78 is 7.65. The van der Waals surface area contributed by atoms with Gasteiger partial charge in [-0.2, -0.15) is 5.26 Å². The van der Waals surface area contributed by atoms with E-state index in [0.29, 0.717) is 23.9 Å². The minimum Gasteiger partial charge on any atom is -0.489 e. The number of nitrogens with zero attached hydrogens (tertiary/aromatic N) is 3. The molecule has 0 unspecified atom stereocenters. The van der Waals surface area contributed by atoms with E-state index in [1.54, 1.807) is 11.6 Å². The number of fused-ring (bicyclic) bond motifs is 1. The Hall–Kier alpha value is -2.97. The van der Waals surface area contributed by atoms with Gasteiger partial charge in [0.25, 0.3) is 5.56 Å². The maximum atomic E-state index is 12.8. The maximum absolute atomic E-state index is 12.8. The van der Waals surface area contributed by atoms with Gasteiger partial charge < -0.3 is 14.2 Å². The molecule has 1 fully saturated rings. The van der Waals surface area contributed by atoms with Crippen LogP contribution in [0, 0.1) is 18.3 Å². The Morgan fingerprint density at radius 3 is 2.59 bits per heavy atom. The average molecular weight is 408 g/mol. The molecule has 0 spiro atoms. The molecule has 1 aliphatic rings. The van der Waals surface area contributed by atoms with Gasteiger partial charge in [0.2, 0.25) is 0 Å². The van der Waals surface area contributed by atoms with Crippen LogP contribution in [0.5, 0.6) is 5.75 Å². The fraction of sp³-hybridized carbons (Fsp3) is 0.304. The summed E-state index contributed by atoms with van der Waals surface area (Å²) in [6.07, 6.45) is 1.63. The molecule has 0 atom stereocenters. The van der Waals surface area contributed by atoms with Crippen molar-refractivity contribution in [3.05, 3.63) is 69.0 Å². The molecule has 2 aromatic carbocycles. The van der Waals surface area contributed by atoms with Crippen LogP contribution in [0.15, 0.2) is 47.3 Å². The van der Waals surface area contributed by atoms with E-state index in [1.165, 1.54) is 0 Å². The summed E-state index contributed by atoms with van der Waals surface area (Å²) in [5, 5.41) is 11.3. The third-order valence-corrected chi connectivity index (χ3v) is 5.84. The first kappa shape index (κ1) is 19.4. The van der Waals surface area contributed by atoms with Crippen molar-refractivity contribution in [2.45, 2.75) is 25.9 Å². The zero-order valence-corrected chi connectivity index (χ0v) is 17.2. The number of para-hydroxylation sites is 1. The summed E-state index contributed by atoms with van der Waals surface area (Å²) in [6, 6.07) is 15.6. The van der Waals surface area contributed by atoms with Crippen molar-refractivity contribution in [1.82, 2.24) is 4.57 Å². The first-order valence-electron chi connectivity index (χ1n) is 9.69. The summed E-state index contributed by atoms with van der Waals surface area (Å²) in [6.45, 7) is 3.43.